The van der Waals surface area contributed by atoms with Crippen LogP contribution in [0.25, 0.3) is 0 Å². The first kappa shape index (κ1) is 34.5. The average Bonchev–Trinajstić information content (AvgIpc) is 2.84. The van der Waals surface area contributed by atoms with Crippen molar-refractivity contribution in [2.45, 2.75) is 168 Å². The maximum atomic E-state index is 11.9. The molecule has 0 saturated heterocycles. The summed E-state index contributed by atoms with van der Waals surface area (Å²) in [7, 11) is -0.642. The normalized spacial score (nSPS) is 11.5. The van der Waals surface area contributed by atoms with E-state index in [1.165, 1.54) is 147 Å². The Kier molecular flexibility index (Phi) is 29.4. The molecule has 0 radical (unpaired) electrons. The average molecular weight is 526 g/mol. The molecule has 0 aliphatic heterocycles. The highest BCUT2D eigenvalue weighted by atomic mass is 32.2. The van der Waals surface area contributed by atoms with Gasteiger partial charge in [-0.05, 0) is 36.6 Å². The largest absolute Gasteiger partial charge is 0.525 e. The highest BCUT2D eigenvalue weighted by Gasteiger charge is 2.03. The molecular weight excluding hydrogens is 466 g/mol. The quantitative estimate of drug-likeness (QED) is 0.0579. The summed E-state index contributed by atoms with van der Waals surface area (Å²) < 4.78 is 5.52. The molecule has 0 aromatic carbocycles. The standard InChI is InChI=1S/C30H59NO2SSi/c1-29(2)24-20-16-12-9-7-5-3-4-6-8-10-13-17-21-25-30(32)33-35-27-23-19-15-11-14-18-22-26-34-28-31/h29H,3-27,35H2,1-2H3. The van der Waals surface area contributed by atoms with Crippen LogP contribution in [-0.2, 0) is 9.22 Å². The van der Waals surface area contributed by atoms with Gasteiger partial charge in [0, 0.05) is 12.2 Å². The van der Waals surface area contributed by atoms with E-state index in [0.29, 0.717) is 6.42 Å². The van der Waals surface area contributed by atoms with Crippen LogP contribution < -0.4 is 0 Å². The summed E-state index contributed by atoms with van der Waals surface area (Å²) in [6, 6.07) is 1.14. The molecule has 0 aliphatic rings. The van der Waals surface area contributed by atoms with E-state index < -0.39 is 9.76 Å². The Morgan fingerprint density at radius 3 is 1.60 bits per heavy atom. The molecule has 0 aromatic rings. The van der Waals surface area contributed by atoms with Crippen molar-refractivity contribution in [1.29, 1.82) is 5.26 Å². The summed E-state index contributed by atoms with van der Waals surface area (Å²) in [5.41, 5.74) is 0. The Hall–Kier alpha value is -0.473. The number of thiocyanates is 1. The van der Waals surface area contributed by atoms with Crippen LogP contribution in [0, 0.1) is 16.6 Å². The molecule has 0 atom stereocenters. The maximum absolute atomic E-state index is 11.9. The van der Waals surface area contributed by atoms with Gasteiger partial charge in [0.2, 0.25) is 9.76 Å². The van der Waals surface area contributed by atoms with E-state index in [0.717, 1.165) is 24.1 Å². The van der Waals surface area contributed by atoms with Crippen molar-refractivity contribution in [2.24, 2.45) is 5.92 Å². The molecule has 0 saturated carbocycles. The van der Waals surface area contributed by atoms with E-state index in [2.05, 4.69) is 19.2 Å². The van der Waals surface area contributed by atoms with E-state index in [1.807, 2.05) is 0 Å². The zero-order valence-corrected chi connectivity index (χ0v) is 25.9. The first-order valence-corrected chi connectivity index (χ1v) is 17.9. The minimum atomic E-state index is -0.642. The number of hydrogen-bond acceptors (Lipinski definition) is 4. The van der Waals surface area contributed by atoms with E-state index in [9.17, 15) is 4.79 Å². The Morgan fingerprint density at radius 1 is 0.686 bits per heavy atom. The Morgan fingerprint density at radius 2 is 1.11 bits per heavy atom. The van der Waals surface area contributed by atoms with Gasteiger partial charge in [0.1, 0.15) is 5.40 Å². The summed E-state index contributed by atoms with van der Waals surface area (Å²) in [6.07, 6.45) is 29.8. The number of rotatable bonds is 28. The lowest BCUT2D eigenvalue weighted by Crippen LogP contribution is -2.08. The summed E-state index contributed by atoms with van der Waals surface area (Å²) >= 11 is 1.37. The van der Waals surface area contributed by atoms with E-state index in [1.54, 1.807) is 0 Å². The zero-order valence-electron chi connectivity index (χ0n) is 23.6. The summed E-state index contributed by atoms with van der Waals surface area (Å²) in [4.78, 5) is 11.9. The van der Waals surface area contributed by atoms with Crippen molar-refractivity contribution >= 4 is 27.5 Å². The van der Waals surface area contributed by atoms with Crippen LogP contribution in [0.1, 0.15) is 162 Å². The van der Waals surface area contributed by atoms with Gasteiger partial charge in [0.15, 0.2) is 0 Å². The van der Waals surface area contributed by atoms with E-state index >= 15 is 0 Å². The molecule has 0 fully saturated rings. The lowest BCUT2D eigenvalue weighted by molar-refractivity contribution is -0.134. The molecule has 0 spiro atoms. The second-order valence-electron chi connectivity index (χ2n) is 10.9. The van der Waals surface area contributed by atoms with Crippen LogP contribution in [-0.4, -0.2) is 21.5 Å². The van der Waals surface area contributed by atoms with Crippen molar-refractivity contribution < 1.29 is 9.22 Å². The fourth-order valence-electron chi connectivity index (χ4n) is 4.58. The van der Waals surface area contributed by atoms with E-state index in [4.69, 9.17) is 9.69 Å². The summed E-state index contributed by atoms with van der Waals surface area (Å²) in [5, 5.41) is 10.6. The van der Waals surface area contributed by atoms with Crippen LogP contribution in [0.15, 0.2) is 0 Å². The van der Waals surface area contributed by atoms with Gasteiger partial charge < -0.3 is 4.43 Å². The predicted octanol–water partition coefficient (Wildman–Crippen LogP) is 9.87. The molecule has 5 heteroatoms. The molecule has 0 amide bonds. The molecule has 0 bridgehead atoms. The lowest BCUT2D eigenvalue weighted by atomic mass is 10.0. The fourth-order valence-corrected chi connectivity index (χ4v) is 6.10. The minimum Gasteiger partial charge on any atom is -0.525 e. The topological polar surface area (TPSA) is 50.1 Å². The Labute approximate surface area is 226 Å². The lowest BCUT2D eigenvalue weighted by Gasteiger charge is -2.06. The molecule has 0 aromatic heterocycles. The number of unbranched alkanes of at least 4 members (excludes halogenated alkanes) is 19. The number of carbonyl (C=O) groups is 1. The number of nitrogens with zero attached hydrogens (tertiary/aromatic N) is 1. The molecule has 3 nitrogen and oxygen atoms in total. The van der Waals surface area contributed by atoms with E-state index in [-0.39, 0.29) is 5.97 Å². The minimum absolute atomic E-state index is 0.0619. The van der Waals surface area contributed by atoms with Gasteiger partial charge in [-0.3, -0.25) is 4.79 Å². The molecular formula is C30H59NO2SSi. The van der Waals surface area contributed by atoms with Crippen LogP contribution in [0.5, 0.6) is 0 Å². The fraction of sp³-hybridized carbons (Fsp3) is 0.933. The smallest absolute Gasteiger partial charge is 0.292 e. The third kappa shape index (κ3) is 31.5. The summed E-state index contributed by atoms with van der Waals surface area (Å²) in [6.45, 7) is 4.65. The van der Waals surface area contributed by atoms with Crippen LogP contribution in [0.2, 0.25) is 6.04 Å². The van der Waals surface area contributed by atoms with Crippen molar-refractivity contribution in [1.82, 2.24) is 0 Å². The second kappa shape index (κ2) is 29.8. The molecule has 0 rings (SSSR count). The van der Waals surface area contributed by atoms with Gasteiger partial charge in [0.25, 0.3) is 5.97 Å². The second-order valence-corrected chi connectivity index (χ2v) is 13.2. The number of thioether (sulfide) groups is 1. The van der Waals surface area contributed by atoms with Crippen LogP contribution >= 0.6 is 11.8 Å². The van der Waals surface area contributed by atoms with Crippen LogP contribution in [0.4, 0.5) is 0 Å². The number of carbonyl (C=O) groups excluding carboxylic acids is 1. The SMILES string of the molecule is CC(C)CCCCCCCCCCCCCCCCC(=O)O[SiH2]CCCCCCCCCSC#N. The monoisotopic (exact) mass is 525 g/mol. The Balaban J connectivity index is 3.15. The predicted molar refractivity (Wildman–Crippen MR) is 159 cm³/mol. The van der Waals surface area contributed by atoms with Gasteiger partial charge in [-0.1, -0.05) is 142 Å². The number of hydrogen-bond donors (Lipinski definition) is 0. The van der Waals surface area contributed by atoms with Crippen molar-refractivity contribution in [3.05, 3.63) is 0 Å². The molecule has 0 N–H and O–H groups in total. The molecule has 35 heavy (non-hydrogen) atoms. The van der Waals surface area contributed by atoms with Gasteiger partial charge >= 0.3 is 0 Å². The van der Waals surface area contributed by atoms with Crippen molar-refractivity contribution in [3.63, 3.8) is 0 Å². The molecule has 0 aliphatic carbocycles. The first-order chi connectivity index (χ1) is 17.2. The van der Waals surface area contributed by atoms with Gasteiger partial charge in [0.05, 0.1) is 0 Å². The third-order valence-corrected chi connectivity index (χ3v) is 8.82. The first-order valence-electron chi connectivity index (χ1n) is 15.3. The van der Waals surface area contributed by atoms with Crippen LogP contribution in [0.3, 0.4) is 0 Å². The zero-order chi connectivity index (χ0) is 25.7. The highest BCUT2D eigenvalue weighted by molar-refractivity contribution is 8.03. The molecule has 0 heterocycles. The number of nitriles is 1. The highest BCUT2D eigenvalue weighted by Crippen LogP contribution is 2.15. The Bertz CT molecular complexity index is 481. The van der Waals surface area contributed by atoms with Gasteiger partial charge in [-0.25, -0.2) is 0 Å². The third-order valence-electron chi connectivity index (χ3n) is 6.88. The summed E-state index contributed by atoms with van der Waals surface area (Å²) in [5.74, 6) is 1.91. The molecule has 0 unspecified atom stereocenters. The van der Waals surface area contributed by atoms with Gasteiger partial charge in [-0.15, -0.1) is 0 Å². The molecule has 206 valence electrons. The van der Waals surface area contributed by atoms with Crippen molar-refractivity contribution in [3.8, 4) is 5.40 Å². The maximum Gasteiger partial charge on any atom is 0.292 e. The van der Waals surface area contributed by atoms with Gasteiger partial charge in [-0.2, -0.15) is 5.26 Å². The van der Waals surface area contributed by atoms with Crippen molar-refractivity contribution in [2.75, 3.05) is 5.75 Å².